The van der Waals surface area contributed by atoms with Crippen LogP contribution >= 0.6 is 209 Å². The van der Waals surface area contributed by atoms with Gasteiger partial charge in [0, 0.05) is 0 Å². The number of halogens is 18. The summed E-state index contributed by atoms with van der Waals surface area (Å²) in [5.41, 5.74) is 0. The number of hydrogen-bond acceptors (Lipinski definition) is 0. The van der Waals surface area contributed by atoms with Crippen molar-refractivity contribution in [2.24, 2.45) is 0 Å². The SMILES string of the molecule is Cl[C@H]1[C@H](Cl)[C@@H](Cl)[C@@H](Cl)[C@H](Cl)[C@H]1Cl.Cl[C@H]1[C@H](Cl)[C@@H](Cl)[C@@H](Cl)[C@H](Cl)[C@H]1Cl.Cl[C@H]1[C@H](Cl)[C@@H](Cl)[C@@H](Cl)[C@H](Cl)[C@H]1Cl. The zero-order chi connectivity index (χ0) is 28.4. The van der Waals surface area contributed by atoms with Gasteiger partial charge < -0.3 is 0 Å². The summed E-state index contributed by atoms with van der Waals surface area (Å²) in [6.07, 6.45) is 0. The Morgan fingerprint density at radius 2 is 0.139 bits per heavy atom. The van der Waals surface area contributed by atoms with E-state index in [2.05, 4.69) is 0 Å². The van der Waals surface area contributed by atoms with Crippen molar-refractivity contribution < 1.29 is 0 Å². The molecule has 0 nitrogen and oxygen atoms in total. The minimum atomic E-state index is -0.437. The molecule has 3 aliphatic carbocycles. The molecule has 0 bridgehead atoms. The summed E-state index contributed by atoms with van der Waals surface area (Å²) in [6, 6.07) is 0. The van der Waals surface area contributed by atoms with Crippen LogP contribution in [-0.4, -0.2) is 96.8 Å². The third-order valence-corrected chi connectivity index (χ3v) is 17.6. The van der Waals surface area contributed by atoms with Crippen LogP contribution in [0.15, 0.2) is 0 Å². The standard InChI is InChI=1S/3C6H6Cl6/c3*7-1-2(8)4(10)6(12)5(11)3(1)9/h3*1-6H/t3*1-,2-,3-,4+,5+,6+. The van der Waals surface area contributed by atoms with Crippen molar-refractivity contribution in [3.63, 3.8) is 0 Å². The second kappa shape index (κ2) is 17.6. The molecule has 0 spiro atoms. The van der Waals surface area contributed by atoms with E-state index in [0.717, 1.165) is 0 Å². The van der Waals surface area contributed by atoms with Gasteiger partial charge in [0.15, 0.2) is 0 Å². The summed E-state index contributed by atoms with van der Waals surface area (Å²) < 4.78 is 0. The van der Waals surface area contributed by atoms with E-state index in [-0.39, 0.29) is 0 Å². The Hall–Kier alpha value is 5.22. The maximum atomic E-state index is 5.88. The van der Waals surface area contributed by atoms with Gasteiger partial charge in [0.1, 0.15) is 0 Å². The molecule has 3 aliphatic rings. The van der Waals surface area contributed by atoms with E-state index in [4.69, 9.17) is 209 Å². The van der Waals surface area contributed by atoms with Gasteiger partial charge in [0.05, 0.1) is 96.8 Å². The molecule has 216 valence electrons. The minimum Gasteiger partial charge on any atom is -0.120 e. The first kappa shape index (κ1) is 39.2. The summed E-state index contributed by atoms with van der Waals surface area (Å²) in [7, 11) is 0. The van der Waals surface area contributed by atoms with Crippen LogP contribution in [0, 0.1) is 0 Å². The van der Waals surface area contributed by atoms with Gasteiger partial charge in [-0.3, -0.25) is 0 Å². The first-order chi connectivity index (χ1) is 16.4. The molecule has 3 fully saturated rings. The molecule has 0 aromatic rings. The Balaban J connectivity index is 0.000000270. The van der Waals surface area contributed by atoms with E-state index in [9.17, 15) is 0 Å². The fourth-order valence-electron chi connectivity index (χ4n) is 3.16. The summed E-state index contributed by atoms with van der Waals surface area (Å²) in [4.78, 5) is 0. The second-order valence-electron chi connectivity index (χ2n) is 8.00. The van der Waals surface area contributed by atoms with Crippen molar-refractivity contribution in [1.82, 2.24) is 0 Å². The summed E-state index contributed by atoms with van der Waals surface area (Å²) in [6.45, 7) is 0. The lowest BCUT2D eigenvalue weighted by Gasteiger charge is -2.37. The molecule has 3 saturated carbocycles. The third kappa shape index (κ3) is 9.61. The fourth-order valence-corrected chi connectivity index (χ4v) is 10.1. The lowest BCUT2D eigenvalue weighted by atomic mass is 9.97. The predicted octanol–water partition coefficient (Wildman–Crippen LogP) is 10.9. The van der Waals surface area contributed by atoms with E-state index in [0.29, 0.717) is 0 Å². The number of alkyl halides is 18. The van der Waals surface area contributed by atoms with Crippen LogP contribution in [0.3, 0.4) is 0 Å². The van der Waals surface area contributed by atoms with E-state index < -0.39 is 96.8 Å². The molecule has 0 aromatic carbocycles. The topological polar surface area (TPSA) is 0 Å². The van der Waals surface area contributed by atoms with Gasteiger partial charge in [-0.05, 0) is 0 Å². The smallest absolute Gasteiger partial charge is 0.0693 e. The summed E-state index contributed by atoms with van der Waals surface area (Å²) in [5, 5.41) is -7.86. The first-order valence-electron chi connectivity index (χ1n) is 9.93. The van der Waals surface area contributed by atoms with Crippen molar-refractivity contribution in [2.45, 2.75) is 96.8 Å². The van der Waals surface area contributed by atoms with E-state index in [1.54, 1.807) is 0 Å². The van der Waals surface area contributed by atoms with Gasteiger partial charge in [0.25, 0.3) is 0 Å². The predicted molar refractivity (Wildman–Crippen MR) is 174 cm³/mol. The highest BCUT2D eigenvalue weighted by atomic mass is 35.5. The van der Waals surface area contributed by atoms with E-state index >= 15 is 0 Å². The fraction of sp³-hybridized carbons (Fsp3) is 1.00. The molecule has 0 radical (unpaired) electrons. The summed E-state index contributed by atoms with van der Waals surface area (Å²) >= 11 is 106. The van der Waals surface area contributed by atoms with Crippen molar-refractivity contribution in [1.29, 1.82) is 0 Å². The largest absolute Gasteiger partial charge is 0.120 e. The van der Waals surface area contributed by atoms with Crippen LogP contribution in [0.25, 0.3) is 0 Å². The van der Waals surface area contributed by atoms with Gasteiger partial charge in [-0.1, -0.05) is 0 Å². The zero-order valence-corrected chi connectivity index (χ0v) is 30.8. The van der Waals surface area contributed by atoms with Gasteiger partial charge in [-0.25, -0.2) is 0 Å². The second-order valence-corrected chi connectivity index (χ2v) is 17.1. The lowest BCUT2D eigenvalue weighted by Crippen LogP contribution is -2.52. The Morgan fingerprint density at radius 1 is 0.111 bits per heavy atom. The van der Waals surface area contributed by atoms with Crippen molar-refractivity contribution >= 4 is 209 Å². The zero-order valence-electron chi connectivity index (χ0n) is 17.2. The van der Waals surface area contributed by atoms with Crippen LogP contribution in [0.2, 0.25) is 0 Å². The van der Waals surface area contributed by atoms with Crippen molar-refractivity contribution in [3.8, 4) is 0 Å². The average Bonchev–Trinajstić information content (AvgIpc) is 2.87. The van der Waals surface area contributed by atoms with Crippen LogP contribution in [0.1, 0.15) is 0 Å². The van der Waals surface area contributed by atoms with Gasteiger partial charge in [-0.2, -0.15) is 0 Å². The van der Waals surface area contributed by atoms with Gasteiger partial charge >= 0.3 is 0 Å². The molecule has 0 amide bonds. The van der Waals surface area contributed by atoms with Crippen molar-refractivity contribution in [2.75, 3.05) is 0 Å². The number of hydrogen-bond donors (Lipinski definition) is 0. The highest BCUT2D eigenvalue weighted by Gasteiger charge is 2.48. The Morgan fingerprint density at radius 3 is 0.167 bits per heavy atom. The molecule has 3 rings (SSSR count). The molecule has 0 N–H and O–H groups in total. The Bertz CT molecular complexity index is 396. The van der Waals surface area contributed by atoms with Gasteiger partial charge in [0.2, 0.25) is 0 Å². The Labute approximate surface area is 301 Å². The normalized spacial score (nSPS) is 55.5. The Kier molecular flexibility index (Phi) is 19.2. The lowest BCUT2D eigenvalue weighted by molar-refractivity contribution is 0.544. The summed E-state index contributed by atoms with van der Waals surface area (Å²) in [5.74, 6) is 0. The minimum absolute atomic E-state index is 0.437. The van der Waals surface area contributed by atoms with Gasteiger partial charge in [-0.15, -0.1) is 209 Å². The molecule has 0 heterocycles. The molecule has 0 atom stereocenters. The number of rotatable bonds is 0. The quantitative estimate of drug-likeness (QED) is 0.213. The van der Waals surface area contributed by atoms with E-state index in [1.807, 2.05) is 0 Å². The monoisotopic (exact) mass is 864 g/mol. The average molecular weight is 872 g/mol. The molecular weight excluding hydrogens is 854 g/mol. The molecule has 18 heteroatoms. The van der Waals surface area contributed by atoms with Crippen LogP contribution in [-0.2, 0) is 0 Å². The highest BCUT2D eigenvalue weighted by Crippen LogP contribution is 2.42. The third-order valence-electron chi connectivity index (χ3n) is 5.48. The highest BCUT2D eigenvalue weighted by molar-refractivity contribution is 6.47. The molecule has 0 aliphatic heterocycles. The maximum absolute atomic E-state index is 5.88. The molecule has 36 heavy (non-hydrogen) atoms. The van der Waals surface area contributed by atoms with Crippen LogP contribution in [0.4, 0.5) is 0 Å². The molecule has 0 unspecified atom stereocenters. The first-order valence-corrected chi connectivity index (χ1v) is 17.8. The van der Waals surface area contributed by atoms with Crippen LogP contribution in [0.5, 0.6) is 0 Å². The van der Waals surface area contributed by atoms with Crippen LogP contribution < -0.4 is 0 Å². The van der Waals surface area contributed by atoms with E-state index in [1.165, 1.54) is 0 Å². The maximum Gasteiger partial charge on any atom is 0.0693 e. The molecular formula is C18H18Cl18. The molecule has 0 saturated heterocycles. The van der Waals surface area contributed by atoms with Crippen molar-refractivity contribution in [3.05, 3.63) is 0 Å². The molecule has 0 aromatic heterocycles.